The lowest BCUT2D eigenvalue weighted by molar-refractivity contribution is -0.161. The summed E-state index contributed by atoms with van der Waals surface area (Å²) in [4.78, 5) is 52.8. The lowest BCUT2D eigenvalue weighted by Gasteiger charge is -2.20. The van der Waals surface area contributed by atoms with Crippen molar-refractivity contribution < 1.29 is 66.7 Å². The standard InChI is InChI=1S/C48H88O14P2/c1-4-5-6-7-25-30-35-44(49)36-31-26-21-18-19-22-27-32-37-47(51)58-41-46(42-61-64(56,57)60-40-45(50)39-59-63(53,54)55)62-48(52)38-33-28-23-17-15-13-11-9-8-10-12-14-16-20-24-29-34-43(2)3/h19,21-22,25-26,30-31,36,43-46,49-50H,4-18,20,23-24,27-29,32-35,37-42H2,1-3H3,(H,56,57)(H2,53,54,55)/b22-19-,26-21-,30-25-,36-31+/t44-,45+,46-/m1/s1. The number of rotatable bonds is 45. The number of phosphoric ester groups is 2. The lowest BCUT2D eigenvalue weighted by atomic mass is 10.0. The van der Waals surface area contributed by atoms with Crippen LogP contribution in [0.5, 0.6) is 0 Å². The maximum Gasteiger partial charge on any atom is 0.472 e. The molecule has 0 spiro atoms. The summed E-state index contributed by atoms with van der Waals surface area (Å²) in [6, 6.07) is 0. The van der Waals surface area contributed by atoms with E-state index in [0.717, 1.165) is 31.6 Å². The van der Waals surface area contributed by atoms with Gasteiger partial charge in [-0.05, 0) is 50.9 Å². The molecule has 0 fully saturated rings. The Balaban J connectivity index is 4.57. The minimum Gasteiger partial charge on any atom is -0.462 e. The van der Waals surface area contributed by atoms with Crippen molar-refractivity contribution >= 4 is 27.6 Å². The number of ether oxygens (including phenoxy) is 2. The van der Waals surface area contributed by atoms with Crippen molar-refractivity contribution in [1.29, 1.82) is 0 Å². The molecule has 64 heavy (non-hydrogen) atoms. The summed E-state index contributed by atoms with van der Waals surface area (Å²) in [5.74, 6) is -0.315. The van der Waals surface area contributed by atoms with Gasteiger partial charge in [-0.3, -0.25) is 23.2 Å². The number of esters is 2. The molecule has 1 unspecified atom stereocenters. The summed E-state index contributed by atoms with van der Waals surface area (Å²) >= 11 is 0. The van der Waals surface area contributed by atoms with Crippen LogP contribution in [0.4, 0.5) is 0 Å². The fourth-order valence-electron chi connectivity index (χ4n) is 6.49. The average Bonchev–Trinajstić information content (AvgIpc) is 3.24. The van der Waals surface area contributed by atoms with Gasteiger partial charge in [0.2, 0.25) is 0 Å². The van der Waals surface area contributed by atoms with Gasteiger partial charge in [-0.1, -0.05) is 185 Å². The molecule has 0 aromatic rings. The second-order valence-electron chi connectivity index (χ2n) is 17.1. The maximum atomic E-state index is 12.7. The third kappa shape index (κ3) is 46.6. The van der Waals surface area contributed by atoms with Crippen LogP contribution in [0.2, 0.25) is 0 Å². The van der Waals surface area contributed by atoms with Crippen LogP contribution in [0.3, 0.4) is 0 Å². The van der Waals surface area contributed by atoms with Crippen LogP contribution in [0, 0.1) is 5.92 Å². The van der Waals surface area contributed by atoms with E-state index in [4.69, 9.17) is 23.8 Å². The number of phosphoric acid groups is 2. The SMILES string of the molecule is CCCCC/C=C\C[C@@H](O)/C=C/C=C\C/C=C\CCCC(=O)OC[C@H](COP(=O)(O)OC[C@@H](O)COP(=O)(O)O)OC(=O)CCCCCCCCCCCCCCCCCCC(C)C. The first kappa shape index (κ1) is 62.0. The van der Waals surface area contributed by atoms with Gasteiger partial charge in [0.1, 0.15) is 12.7 Å². The highest BCUT2D eigenvalue weighted by Crippen LogP contribution is 2.43. The molecular formula is C48H88O14P2. The monoisotopic (exact) mass is 951 g/mol. The van der Waals surface area contributed by atoms with E-state index in [2.05, 4.69) is 35.9 Å². The summed E-state index contributed by atoms with van der Waals surface area (Å²) < 4.78 is 47.8. The number of aliphatic hydroxyl groups is 2. The van der Waals surface area contributed by atoms with E-state index < -0.39 is 72.3 Å². The lowest BCUT2D eigenvalue weighted by Crippen LogP contribution is -2.30. The van der Waals surface area contributed by atoms with Crippen LogP contribution >= 0.6 is 15.6 Å². The Morgan fingerprint density at radius 2 is 1.09 bits per heavy atom. The van der Waals surface area contributed by atoms with Gasteiger partial charge >= 0.3 is 27.6 Å². The molecule has 0 heterocycles. The highest BCUT2D eigenvalue weighted by Gasteiger charge is 2.28. The normalized spacial score (nSPS) is 14.9. The van der Waals surface area contributed by atoms with Crippen molar-refractivity contribution in [1.82, 2.24) is 0 Å². The number of hydrogen-bond acceptors (Lipinski definition) is 11. The number of allylic oxidation sites excluding steroid dienone is 6. The Morgan fingerprint density at radius 1 is 0.562 bits per heavy atom. The summed E-state index contributed by atoms with van der Waals surface area (Å²) in [5.41, 5.74) is 0. The van der Waals surface area contributed by atoms with E-state index in [0.29, 0.717) is 32.1 Å². The van der Waals surface area contributed by atoms with Crippen LogP contribution in [0.1, 0.15) is 194 Å². The summed E-state index contributed by atoms with van der Waals surface area (Å²) in [5, 5.41) is 19.8. The fraction of sp³-hybridized carbons (Fsp3) is 0.792. The second kappa shape index (κ2) is 42.4. The third-order valence-corrected chi connectivity index (χ3v) is 11.7. The van der Waals surface area contributed by atoms with Crippen LogP contribution in [-0.4, -0.2) is 81.6 Å². The molecule has 0 saturated carbocycles. The van der Waals surface area contributed by atoms with E-state index in [9.17, 15) is 33.8 Å². The molecule has 374 valence electrons. The van der Waals surface area contributed by atoms with Gasteiger partial charge in [-0.25, -0.2) is 9.13 Å². The molecule has 14 nitrogen and oxygen atoms in total. The zero-order valence-corrected chi connectivity index (χ0v) is 41.4. The molecule has 5 N–H and O–H groups in total. The molecule has 4 atom stereocenters. The van der Waals surface area contributed by atoms with Crippen LogP contribution in [0.15, 0.2) is 48.6 Å². The molecule has 0 aliphatic heterocycles. The Labute approximate surface area is 386 Å². The molecule has 0 aliphatic carbocycles. The number of unbranched alkanes of at least 4 members (excludes halogenated alkanes) is 19. The quantitative estimate of drug-likeness (QED) is 0.0126. The molecule has 0 aromatic heterocycles. The molecule has 0 bridgehead atoms. The van der Waals surface area contributed by atoms with Gasteiger partial charge in [-0.2, -0.15) is 0 Å². The average molecular weight is 951 g/mol. The number of carbonyl (C=O) groups excluding carboxylic acids is 2. The second-order valence-corrected chi connectivity index (χ2v) is 19.8. The highest BCUT2D eigenvalue weighted by atomic mass is 31.2. The molecular weight excluding hydrogens is 862 g/mol. The topological polar surface area (TPSA) is 216 Å². The highest BCUT2D eigenvalue weighted by molar-refractivity contribution is 7.47. The Bertz CT molecular complexity index is 1350. The largest absolute Gasteiger partial charge is 0.472 e. The smallest absolute Gasteiger partial charge is 0.462 e. The number of carbonyl (C=O) groups is 2. The van der Waals surface area contributed by atoms with Gasteiger partial charge in [0, 0.05) is 12.8 Å². The van der Waals surface area contributed by atoms with Crippen molar-refractivity contribution in [2.24, 2.45) is 5.92 Å². The minimum absolute atomic E-state index is 0.0877. The predicted octanol–water partition coefficient (Wildman–Crippen LogP) is 11.8. The predicted molar refractivity (Wildman–Crippen MR) is 254 cm³/mol. The minimum atomic E-state index is -4.88. The molecule has 0 amide bonds. The van der Waals surface area contributed by atoms with Crippen molar-refractivity contribution in [3.63, 3.8) is 0 Å². The van der Waals surface area contributed by atoms with Gasteiger partial charge < -0.3 is 34.4 Å². The summed E-state index contributed by atoms with van der Waals surface area (Å²) in [6.07, 6.45) is 39.9. The first-order valence-corrected chi connectivity index (χ1v) is 27.3. The van der Waals surface area contributed by atoms with Crippen LogP contribution in [-0.2, 0) is 41.8 Å². The van der Waals surface area contributed by atoms with E-state index in [-0.39, 0.29) is 12.8 Å². The van der Waals surface area contributed by atoms with E-state index in [1.54, 1.807) is 6.08 Å². The van der Waals surface area contributed by atoms with Gasteiger partial charge in [-0.15, -0.1) is 0 Å². The van der Waals surface area contributed by atoms with Crippen molar-refractivity contribution in [3.05, 3.63) is 48.6 Å². The third-order valence-electron chi connectivity index (χ3n) is 10.2. The summed E-state index contributed by atoms with van der Waals surface area (Å²) in [6.45, 7) is 3.94. The molecule has 0 saturated heterocycles. The zero-order valence-electron chi connectivity index (χ0n) is 39.7. The fourth-order valence-corrected chi connectivity index (χ4v) is 7.65. The van der Waals surface area contributed by atoms with E-state index in [1.165, 1.54) is 103 Å². The Morgan fingerprint density at radius 3 is 1.69 bits per heavy atom. The first-order chi connectivity index (χ1) is 30.6. The molecule has 0 radical (unpaired) electrons. The van der Waals surface area contributed by atoms with E-state index in [1.807, 2.05) is 36.5 Å². The van der Waals surface area contributed by atoms with Crippen molar-refractivity contribution in [3.8, 4) is 0 Å². The Hall–Kier alpha value is -1.96. The Kier molecular flexibility index (Phi) is 41.1. The molecule has 0 aromatic carbocycles. The molecule has 0 aliphatic rings. The van der Waals surface area contributed by atoms with Gasteiger partial charge in [0.25, 0.3) is 0 Å². The molecule has 16 heteroatoms. The maximum absolute atomic E-state index is 12.7. The van der Waals surface area contributed by atoms with E-state index >= 15 is 0 Å². The van der Waals surface area contributed by atoms with Crippen LogP contribution < -0.4 is 0 Å². The van der Waals surface area contributed by atoms with Gasteiger partial charge in [0.15, 0.2) is 6.10 Å². The van der Waals surface area contributed by atoms with Crippen LogP contribution in [0.25, 0.3) is 0 Å². The summed E-state index contributed by atoms with van der Waals surface area (Å²) in [7, 11) is -9.71. The molecule has 0 rings (SSSR count). The number of aliphatic hydroxyl groups excluding tert-OH is 2. The van der Waals surface area contributed by atoms with Crippen molar-refractivity contribution in [2.75, 3.05) is 26.4 Å². The number of hydrogen-bond donors (Lipinski definition) is 5. The first-order valence-electron chi connectivity index (χ1n) is 24.3. The van der Waals surface area contributed by atoms with Crippen molar-refractivity contribution in [2.45, 2.75) is 212 Å². The van der Waals surface area contributed by atoms with Gasteiger partial charge in [0.05, 0.1) is 25.9 Å². The zero-order chi connectivity index (χ0) is 47.6.